The molecule has 1 atom stereocenters. The summed E-state index contributed by atoms with van der Waals surface area (Å²) in [5.41, 5.74) is 0. The molecule has 0 fully saturated rings. The number of hydrogen-bond acceptors (Lipinski definition) is 3. The summed E-state index contributed by atoms with van der Waals surface area (Å²) in [5, 5.41) is 8.81. The maximum atomic E-state index is 12.3. The molecule has 0 spiro atoms. The molecule has 1 aromatic heterocycles. The van der Waals surface area contributed by atoms with Crippen LogP contribution in [0.1, 0.15) is 55.0 Å². The molecule has 0 aromatic carbocycles. The zero-order valence-electron chi connectivity index (χ0n) is 9.63. The van der Waals surface area contributed by atoms with E-state index in [0.717, 1.165) is 31.9 Å². The average Bonchev–Trinajstić information content (AvgIpc) is 2.72. The van der Waals surface area contributed by atoms with Crippen molar-refractivity contribution in [3.63, 3.8) is 0 Å². The SMILES string of the molecule is CCCCCCC(O)c1cnc(C(F)(F)F)s1. The summed E-state index contributed by atoms with van der Waals surface area (Å²) in [7, 11) is 0. The normalized spacial score (nSPS) is 13.9. The molecule has 0 amide bonds. The fourth-order valence-electron chi connectivity index (χ4n) is 1.48. The minimum Gasteiger partial charge on any atom is -0.388 e. The van der Waals surface area contributed by atoms with Gasteiger partial charge in [0.05, 0.1) is 11.0 Å². The Balaban J connectivity index is 2.47. The van der Waals surface area contributed by atoms with Gasteiger partial charge in [0.2, 0.25) is 0 Å². The zero-order valence-corrected chi connectivity index (χ0v) is 10.4. The highest BCUT2D eigenvalue weighted by atomic mass is 32.1. The fraction of sp³-hybridized carbons (Fsp3) is 0.727. The number of halogens is 3. The number of unbranched alkanes of at least 4 members (excludes halogenated alkanes) is 3. The first kappa shape index (κ1) is 14.4. The maximum absolute atomic E-state index is 12.3. The third kappa shape index (κ3) is 4.63. The van der Waals surface area contributed by atoms with Gasteiger partial charge in [0, 0.05) is 6.20 Å². The number of hydrogen-bond donors (Lipinski definition) is 1. The number of nitrogens with zero attached hydrogens (tertiary/aromatic N) is 1. The molecule has 1 N–H and O–H groups in total. The molecule has 1 aromatic rings. The van der Waals surface area contributed by atoms with Crippen LogP contribution in [-0.4, -0.2) is 10.1 Å². The monoisotopic (exact) mass is 267 g/mol. The summed E-state index contributed by atoms with van der Waals surface area (Å²) in [4.78, 5) is 3.59. The van der Waals surface area contributed by atoms with Crippen LogP contribution in [0.15, 0.2) is 6.20 Å². The molecule has 0 aliphatic heterocycles. The van der Waals surface area contributed by atoms with Gasteiger partial charge in [-0.2, -0.15) is 13.2 Å². The number of aliphatic hydroxyl groups is 1. The van der Waals surface area contributed by atoms with Crippen molar-refractivity contribution in [2.75, 3.05) is 0 Å². The molecule has 98 valence electrons. The number of alkyl halides is 3. The van der Waals surface area contributed by atoms with E-state index < -0.39 is 17.3 Å². The minimum absolute atomic E-state index is 0.300. The van der Waals surface area contributed by atoms with Crippen LogP contribution in [-0.2, 0) is 6.18 Å². The van der Waals surface area contributed by atoms with Crippen LogP contribution in [0.5, 0.6) is 0 Å². The number of aromatic nitrogens is 1. The lowest BCUT2D eigenvalue weighted by molar-refractivity contribution is -0.137. The topological polar surface area (TPSA) is 33.1 Å². The Morgan fingerprint density at radius 3 is 2.59 bits per heavy atom. The van der Waals surface area contributed by atoms with Crippen molar-refractivity contribution < 1.29 is 18.3 Å². The first-order chi connectivity index (χ1) is 7.95. The lowest BCUT2D eigenvalue weighted by Gasteiger charge is -2.07. The smallest absolute Gasteiger partial charge is 0.388 e. The van der Waals surface area contributed by atoms with E-state index in [9.17, 15) is 18.3 Å². The van der Waals surface area contributed by atoms with Crippen LogP contribution in [0, 0.1) is 0 Å². The van der Waals surface area contributed by atoms with E-state index in [0.29, 0.717) is 22.6 Å². The van der Waals surface area contributed by atoms with Gasteiger partial charge in [0.1, 0.15) is 0 Å². The summed E-state index contributed by atoms with van der Waals surface area (Å²) >= 11 is 0.526. The number of thiazole rings is 1. The second kappa shape index (κ2) is 6.35. The van der Waals surface area contributed by atoms with Gasteiger partial charge in [0.15, 0.2) is 5.01 Å². The molecule has 0 bridgehead atoms. The lowest BCUT2D eigenvalue weighted by atomic mass is 10.1. The molecule has 1 rings (SSSR count). The highest BCUT2D eigenvalue weighted by molar-refractivity contribution is 7.11. The first-order valence-corrected chi connectivity index (χ1v) is 6.47. The Hall–Kier alpha value is -0.620. The molecule has 6 heteroatoms. The predicted octanol–water partition coefficient (Wildman–Crippen LogP) is 4.17. The summed E-state index contributed by atoms with van der Waals surface area (Å²) in [6, 6.07) is 0. The van der Waals surface area contributed by atoms with Gasteiger partial charge in [0.25, 0.3) is 0 Å². The van der Waals surface area contributed by atoms with Crippen molar-refractivity contribution >= 4 is 11.3 Å². The first-order valence-electron chi connectivity index (χ1n) is 5.66. The molecule has 2 nitrogen and oxygen atoms in total. The van der Waals surface area contributed by atoms with Gasteiger partial charge in [-0.15, -0.1) is 11.3 Å². The van der Waals surface area contributed by atoms with Crippen LogP contribution in [0.2, 0.25) is 0 Å². The van der Waals surface area contributed by atoms with Crippen molar-refractivity contribution in [2.45, 2.75) is 51.3 Å². The molecule has 0 radical (unpaired) electrons. The van der Waals surface area contributed by atoms with E-state index in [2.05, 4.69) is 11.9 Å². The third-order valence-electron chi connectivity index (χ3n) is 2.43. The number of rotatable bonds is 6. The number of aliphatic hydroxyl groups excluding tert-OH is 1. The van der Waals surface area contributed by atoms with Gasteiger partial charge in [-0.3, -0.25) is 0 Å². The molecule has 1 heterocycles. The third-order valence-corrected chi connectivity index (χ3v) is 3.57. The second-order valence-corrected chi connectivity index (χ2v) is 4.99. The molecular weight excluding hydrogens is 251 g/mol. The van der Waals surface area contributed by atoms with E-state index in [-0.39, 0.29) is 0 Å². The lowest BCUT2D eigenvalue weighted by Crippen LogP contribution is -2.03. The molecular formula is C11H16F3NOS. The fourth-order valence-corrected chi connectivity index (χ4v) is 2.28. The van der Waals surface area contributed by atoms with Crippen molar-refractivity contribution in [3.8, 4) is 0 Å². The van der Waals surface area contributed by atoms with Gasteiger partial charge in [-0.1, -0.05) is 32.6 Å². The Morgan fingerprint density at radius 1 is 1.35 bits per heavy atom. The molecule has 0 saturated carbocycles. The predicted molar refractivity (Wildman–Crippen MR) is 60.8 cm³/mol. The van der Waals surface area contributed by atoms with Crippen molar-refractivity contribution in [2.24, 2.45) is 0 Å². The summed E-state index contributed by atoms with van der Waals surface area (Å²) in [6.45, 7) is 2.08. The maximum Gasteiger partial charge on any atom is 0.443 e. The Labute approximate surface area is 103 Å². The molecule has 1 unspecified atom stereocenters. The van der Waals surface area contributed by atoms with Crippen LogP contribution in [0.4, 0.5) is 13.2 Å². The molecule has 0 aliphatic rings. The second-order valence-electron chi connectivity index (χ2n) is 3.93. The van der Waals surface area contributed by atoms with E-state index >= 15 is 0 Å². The zero-order chi connectivity index (χ0) is 12.9. The van der Waals surface area contributed by atoms with Gasteiger partial charge in [-0.05, 0) is 6.42 Å². The molecule has 0 aliphatic carbocycles. The van der Waals surface area contributed by atoms with Gasteiger partial charge < -0.3 is 5.11 Å². The Morgan fingerprint density at radius 2 is 2.06 bits per heavy atom. The highest BCUT2D eigenvalue weighted by Crippen LogP contribution is 2.35. The van der Waals surface area contributed by atoms with Crippen molar-refractivity contribution in [1.82, 2.24) is 4.98 Å². The largest absolute Gasteiger partial charge is 0.443 e. The van der Waals surface area contributed by atoms with E-state index in [1.807, 2.05) is 0 Å². The van der Waals surface area contributed by atoms with E-state index in [1.54, 1.807) is 0 Å². The highest BCUT2D eigenvalue weighted by Gasteiger charge is 2.35. The van der Waals surface area contributed by atoms with Crippen LogP contribution >= 0.6 is 11.3 Å². The quantitative estimate of drug-likeness (QED) is 0.785. The molecule has 17 heavy (non-hydrogen) atoms. The average molecular weight is 267 g/mol. The van der Waals surface area contributed by atoms with Crippen LogP contribution in [0.3, 0.4) is 0 Å². The summed E-state index contributed by atoms with van der Waals surface area (Å²) in [5.74, 6) is 0. The van der Waals surface area contributed by atoms with Gasteiger partial charge in [-0.25, -0.2) is 4.98 Å². The van der Waals surface area contributed by atoms with Crippen molar-refractivity contribution in [3.05, 3.63) is 16.1 Å². The Kier molecular flexibility index (Phi) is 5.39. The minimum atomic E-state index is -4.41. The van der Waals surface area contributed by atoms with Crippen molar-refractivity contribution in [1.29, 1.82) is 0 Å². The van der Waals surface area contributed by atoms with Gasteiger partial charge >= 0.3 is 6.18 Å². The standard InChI is InChI=1S/C11H16F3NOS/c1-2-3-4-5-6-8(16)9-7-15-10(17-9)11(12,13)14/h7-8,16H,2-6H2,1H3. The van der Waals surface area contributed by atoms with E-state index in [4.69, 9.17) is 0 Å². The van der Waals surface area contributed by atoms with Crippen LogP contribution in [0.25, 0.3) is 0 Å². The summed E-state index contributed by atoms with van der Waals surface area (Å²) < 4.78 is 36.8. The summed E-state index contributed by atoms with van der Waals surface area (Å²) in [6.07, 6.45) is 0.396. The molecule has 0 saturated heterocycles. The van der Waals surface area contributed by atoms with E-state index in [1.165, 1.54) is 0 Å². The van der Waals surface area contributed by atoms with Crippen LogP contribution < -0.4 is 0 Å². The Bertz CT molecular complexity index is 338.